The SMILES string of the molecule is CCCN1C(=O)[C@@H]2[C@@H](CC(COC)=C3[C@@H](CC/C(=C/c4ccc(O)c(F)c4)c4ccccc4)OC[C@@H]32)C1=O. The van der Waals surface area contributed by atoms with Crippen molar-refractivity contribution >= 4 is 23.5 Å². The van der Waals surface area contributed by atoms with Crippen LogP contribution in [0.15, 0.2) is 59.7 Å². The molecule has 2 fully saturated rings. The summed E-state index contributed by atoms with van der Waals surface area (Å²) in [6.45, 7) is 3.26. The average Bonchev–Trinajstić information content (AvgIpc) is 3.44. The number of allylic oxidation sites excluding steroid dienone is 1. The molecule has 2 amide bonds. The number of phenols is 1. The highest BCUT2D eigenvalue weighted by Gasteiger charge is 2.56. The predicted octanol–water partition coefficient (Wildman–Crippen LogP) is 5.23. The third-order valence-corrected chi connectivity index (χ3v) is 8.00. The molecule has 0 bridgehead atoms. The van der Waals surface area contributed by atoms with Gasteiger partial charge in [0.15, 0.2) is 11.6 Å². The molecule has 7 heteroatoms. The zero-order chi connectivity index (χ0) is 26.8. The van der Waals surface area contributed by atoms with E-state index in [0.29, 0.717) is 44.6 Å². The number of hydrogen-bond acceptors (Lipinski definition) is 5. The van der Waals surface area contributed by atoms with Gasteiger partial charge in [-0.1, -0.05) is 49.4 Å². The molecule has 0 radical (unpaired) electrons. The lowest BCUT2D eigenvalue weighted by Crippen LogP contribution is -2.35. The molecule has 2 saturated heterocycles. The van der Waals surface area contributed by atoms with E-state index in [-0.39, 0.29) is 41.4 Å². The second-order valence-corrected chi connectivity index (χ2v) is 10.4. The Bertz CT molecular complexity index is 1270. The number of fused-ring (bicyclic) bond motifs is 3. The molecule has 6 nitrogen and oxygen atoms in total. The van der Waals surface area contributed by atoms with E-state index < -0.39 is 5.82 Å². The average molecular weight is 520 g/mol. The Balaban J connectivity index is 1.42. The number of imide groups is 1. The normalized spacial score (nSPS) is 25.2. The number of rotatable bonds is 9. The fraction of sp³-hybridized carbons (Fsp3) is 0.419. The van der Waals surface area contributed by atoms with Crippen LogP contribution in [0.1, 0.15) is 43.7 Å². The van der Waals surface area contributed by atoms with Crippen molar-refractivity contribution in [2.45, 2.75) is 38.7 Å². The summed E-state index contributed by atoms with van der Waals surface area (Å²) in [4.78, 5) is 27.8. The second-order valence-electron chi connectivity index (χ2n) is 10.4. The standard InChI is InChI=1S/C31H34FNO5/c1-3-13-33-30(35)23-16-22(17-37-2)28-24(29(23)31(33)36)18-38-27(28)12-10-21(20-7-5-4-6-8-20)14-19-9-11-26(34)25(32)15-19/h4-9,11,14-15,23-24,27,29,34H,3,10,12-13,16-18H2,1-2H3/b21-14-/t23-,24+,27-,29-/m1/s1. The van der Waals surface area contributed by atoms with Crippen molar-refractivity contribution in [2.24, 2.45) is 17.8 Å². The van der Waals surface area contributed by atoms with E-state index in [0.717, 1.165) is 28.7 Å². The van der Waals surface area contributed by atoms with E-state index >= 15 is 0 Å². The van der Waals surface area contributed by atoms with Crippen molar-refractivity contribution in [3.05, 3.63) is 76.6 Å². The van der Waals surface area contributed by atoms with E-state index in [1.165, 1.54) is 17.0 Å². The summed E-state index contributed by atoms with van der Waals surface area (Å²) < 4.78 is 25.9. The number of halogens is 1. The van der Waals surface area contributed by atoms with Crippen LogP contribution in [-0.4, -0.2) is 54.8 Å². The Kier molecular flexibility index (Phi) is 7.77. The van der Waals surface area contributed by atoms with Crippen molar-refractivity contribution in [1.29, 1.82) is 0 Å². The van der Waals surface area contributed by atoms with Gasteiger partial charge in [0.25, 0.3) is 0 Å². The smallest absolute Gasteiger partial charge is 0.233 e. The monoisotopic (exact) mass is 519 g/mol. The number of ether oxygens (including phenoxy) is 2. The quantitative estimate of drug-likeness (QED) is 0.279. The number of nitrogens with zero attached hydrogens (tertiary/aromatic N) is 1. The Labute approximate surface area is 222 Å². The highest BCUT2D eigenvalue weighted by molar-refractivity contribution is 6.06. The fourth-order valence-corrected chi connectivity index (χ4v) is 6.34. The summed E-state index contributed by atoms with van der Waals surface area (Å²) in [5, 5.41) is 9.59. The number of hydrogen-bond donors (Lipinski definition) is 1. The van der Waals surface area contributed by atoms with Crippen molar-refractivity contribution < 1.29 is 28.6 Å². The van der Waals surface area contributed by atoms with Crippen molar-refractivity contribution in [1.82, 2.24) is 4.90 Å². The van der Waals surface area contributed by atoms with E-state index in [2.05, 4.69) is 0 Å². The molecule has 38 heavy (non-hydrogen) atoms. The number of benzene rings is 2. The summed E-state index contributed by atoms with van der Waals surface area (Å²) in [6.07, 6.45) is 4.37. The van der Waals surface area contributed by atoms with Gasteiger partial charge in [0.1, 0.15) is 0 Å². The molecule has 2 aliphatic heterocycles. The highest BCUT2D eigenvalue weighted by atomic mass is 19.1. The van der Waals surface area contributed by atoms with E-state index in [1.807, 2.05) is 43.3 Å². The van der Waals surface area contributed by atoms with Crippen LogP contribution in [0, 0.1) is 23.6 Å². The minimum absolute atomic E-state index is 0.0617. The topological polar surface area (TPSA) is 76.1 Å². The zero-order valence-electron chi connectivity index (χ0n) is 21.9. The lowest BCUT2D eigenvalue weighted by molar-refractivity contribution is -0.140. The first-order valence-electron chi connectivity index (χ1n) is 13.3. The molecular weight excluding hydrogens is 485 g/mol. The minimum Gasteiger partial charge on any atom is -0.505 e. The number of carbonyl (C=O) groups excluding carboxylic acids is 2. The molecule has 4 atom stereocenters. The molecule has 2 aromatic rings. The van der Waals surface area contributed by atoms with Gasteiger partial charge in [0.05, 0.1) is 31.2 Å². The van der Waals surface area contributed by atoms with Gasteiger partial charge in [0, 0.05) is 19.6 Å². The number of methoxy groups -OCH3 is 1. The van der Waals surface area contributed by atoms with Gasteiger partial charge < -0.3 is 14.6 Å². The lowest BCUT2D eigenvalue weighted by atomic mass is 9.69. The molecule has 0 spiro atoms. The molecule has 0 saturated carbocycles. The van der Waals surface area contributed by atoms with Crippen LogP contribution in [0.2, 0.25) is 0 Å². The van der Waals surface area contributed by atoms with Crippen LogP contribution >= 0.6 is 0 Å². The molecule has 2 heterocycles. The first-order chi connectivity index (χ1) is 18.4. The van der Waals surface area contributed by atoms with Crippen LogP contribution in [0.4, 0.5) is 4.39 Å². The summed E-state index contributed by atoms with van der Waals surface area (Å²) in [5.41, 5.74) is 4.90. The molecule has 200 valence electrons. The molecule has 3 aliphatic rings. The van der Waals surface area contributed by atoms with E-state index in [9.17, 15) is 19.1 Å². The van der Waals surface area contributed by atoms with Crippen LogP contribution in [0.3, 0.4) is 0 Å². The summed E-state index contributed by atoms with van der Waals surface area (Å²) in [7, 11) is 1.65. The molecular formula is C31H34FNO5. The predicted molar refractivity (Wildman–Crippen MR) is 142 cm³/mol. The van der Waals surface area contributed by atoms with Gasteiger partial charge in [-0.25, -0.2) is 4.39 Å². The van der Waals surface area contributed by atoms with E-state index in [1.54, 1.807) is 13.2 Å². The molecule has 1 N–H and O–H groups in total. The zero-order valence-corrected chi connectivity index (χ0v) is 21.9. The van der Waals surface area contributed by atoms with Gasteiger partial charge >= 0.3 is 0 Å². The van der Waals surface area contributed by atoms with Crippen LogP contribution < -0.4 is 0 Å². The maximum Gasteiger partial charge on any atom is 0.233 e. The Morgan fingerprint density at radius 2 is 1.95 bits per heavy atom. The first-order valence-corrected chi connectivity index (χ1v) is 13.3. The van der Waals surface area contributed by atoms with Gasteiger partial charge in [-0.15, -0.1) is 0 Å². The van der Waals surface area contributed by atoms with Gasteiger partial charge in [-0.2, -0.15) is 0 Å². The second kappa shape index (κ2) is 11.2. The number of phenolic OH excluding ortho intramolecular Hbond substituents is 1. The van der Waals surface area contributed by atoms with Crippen molar-refractivity contribution in [3.8, 4) is 5.75 Å². The molecule has 0 unspecified atom stereocenters. The molecule has 0 aromatic heterocycles. The first kappa shape index (κ1) is 26.3. The number of likely N-dealkylation sites (tertiary alicyclic amines) is 1. The van der Waals surface area contributed by atoms with Gasteiger partial charge in [-0.3, -0.25) is 14.5 Å². The fourth-order valence-electron chi connectivity index (χ4n) is 6.34. The van der Waals surface area contributed by atoms with Crippen molar-refractivity contribution in [3.63, 3.8) is 0 Å². The number of carbonyl (C=O) groups is 2. The largest absolute Gasteiger partial charge is 0.505 e. The van der Waals surface area contributed by atoms with Crippen LogP contribution in [-0.2, 0) is 19.1 Å². The lowest BCUT2D eigenvalue weighted by Gasteiger charge is -2.31. The maximum absolute atomic E-state index is 14.0. The third-order valence-electron chi connectivity index (χ3n) is 8.00. The Morgan fingerprint density at radius 1 is 1.16 bits per heavy atom. The van der Waals surface area contributed by atoms with Gasteiger partial charge in [-0.05, 0) is 65.7 Å². The number of amides is 2. The van der Waals surface area contributed by atoms with E-state index in [4.69, 9.17) is 9.47 Å². The molecule has 5 rings (SSSR count). The van der Waals surface area contributed by atoms with Crippen molar-refractivity contribution in [2.75, 3.05) is 26.9 Å². The Morgan fingerprint density at radius 3 is 2.66 bits per heavy atom. The molecule has 1 aliphatic carbocycles. The van der Waals surface area contributed by atoms with Crippen LogP contribution in [0.5, 0.6) is 5.75 Å². The Hall–Kier alpha value is -3.29. The summed E-state index contributed by atoms with van der Waals surface area (Å²) >= 11 is 0. The van der Waals surface area contributed by atoms with Gasteiger partial charge in [0.2, 0.25) is 11.8 Å². The minimum atomic E-state index is -0.660. The van der Waals surface area contributed by atoms with Crippen LogP contribution in [0.25, 0.3) is 11.6 Å². The third kappa shape index (κ3) is 4.93. The highest BCUT2D eigenvalue weighted by Crippen LogP contribution is 2.50. The maximum atomic E-state index is 14.0. The summed E-state index contributed by atoms with van der Waals surface area (Å²) in [6, 6.07) is 14.3. The molecule has 2 aromatic carbocycles. The number of aromatic hydroxyl groups is 1. The summed E-state index contributed by atoms with van der Waals surface area (Å²) in [5.74, 6) is -1.97.